The first kappa shape index (κ1) is 9.66. The van der Waals surface area contributed by atoms with Gasteiger partial charge in [-0.05, 0) is 36.4 Å². The van der Waals surface area contributed by atoms with Crippen LogP contribution >= 0.6 is 0 Å². The zero-order valence-corrected chi connectivity index (χ0v) is 10.2. The lowest BCUT2D eigenvalue weighted by Gasteiger charge is -2.19. The highest BCUT2D eigenvalue weighted by Crippen LogP contribution is 2.25. The molecular formula is C16H14N2. The Morgan fingerprint density at radius 2 is 1.83 bits per heavy atom. The van der Waals surface area contributed by atoms with E-state index in [0.717, 1.165) is 22.3 Å². The average Bonchev–Trinajstić information content (AvgIpc) is 2.46. The second-order valence-corrected chi connectivity index (χ2v) is 4.21. The molecule has 0 spiro atoms. The number of aromatic nitrogens is 1. The van der Waals surface area contributed by atoms with Crippen molar-refractivity contribution in [3.63, 3.8) is 0 Å². The lowest BCUT2D eigenvalue weighted by Crippen LogP contribution is -2.08. The summed E-state index contributed by atoms with van der Waals surface area (Å²) in [5, 5.41) is 0.993. The van der Waals surface area contributed by atoms with Crippen molar-refractivity contribution in [2.24, 2.45) is 0 Å². The number of para-hydroxylation sites is 1. The first-order chi connectivity index (χ1) is 9.24. The van der Waals surface area contributed by atoms with E-state index in [4.69, 9.17) is 1.37 Å². The number of pyridine rings is 1. The first-order valence-corrected chi connectivity index (χ1v) is 5.89. The zero-order chi connectivity index (χ0) is 13.2. The van der Waals surface area contributed by atoms with Crippen molar-refractivity contribution < 1.29 is 1.37 Å². The van der Waals surface area contributed by atoms with Gasteiger partial charge in [0.25, 0.3) is 0 Å². The molecule has 18 heavy (non-hydrogen) atoms. The van der Waals surface area contributed by atoms with Gasteiger partial charge < -0.3 is 4.90 Å². The van der Waals surface area contributed by atoms with E-state index in [9.17, 15) is 0 Å². The second kappa shape index (κ2) is 4.49. The lowest BCUT2D eigenvalue weighted by atomic mass is 10.2. The Morgan fingerprint density at radius 3 is 2.67 bits per heavy atom. The number of hydrogen-bond acceptors (Lipinski definition) is 2. The van der Waals surface area contributed by atoms with Crippen LogP contribution in [0.25, 0.3) is 10.9 Å². The summed E-state index contributed by atoms with van der Waals surface area (Å²) in [5.41, 5.74) is 3.14. The van der Waals surface area contributed by atoms with E-state index in [-0.39, 0.29) is 0 Å². The van der Waals surface area contributed by atoms with Gasteiger partial charge in [-0.2, -0.15) is 0 Å². The molecule has 3 aromatic rings. The molecule has 0 aliphatic rings. The fourth-order valence-electron chi connectivity index (χ4n) is 2.02. The predicted molar refractivity (Wildman–Crippen MR) is 76.2 cm³/mol. The summed E-state index contributed by atoms with van der Waals surface area (Å²) in [5.74, 6) is 0. The predicted octanol–water partition coefficient (Wildman–Crippen LogP) is 4.00. The number of anilines is 2. The van der Waals surface area contributed by atoms with Gasteiger partial charge in [0.05, 0.1) is 6.89 Å². The van der Waals surface area contributed by atoms with Crippen LogP contribution in [0.1, 0.15) is 1.37 Å². The number of nitrogens with zero attached hydrogens (tertiary/aromatic N) is 2. The molecule has 3 rings (SSSR count). The summed E-state index contributed by atoms with van der Waals surface area (Å²) >= 11 is 0. The molecule has 0 fully saturated rings. The van der Waals surface area contributed by atoms with Crippen molar-refractivity contribution in [3.05, 3.63) is 66.8 Å². The number of benzene rings is 2. The molecule has 0 radical (unpaired) electrons. The molecule has 88 valence electrons. The Hall–Kier alpha value is -2.35. The zero-order valence-electron chi connectivity index (χ0n) is 11.2. The van der Waals surface area contributed by atoms with E-state index >= 15 is 0 Å². The number of rotatable bonds is 2. The van der Waals surface area contributed by atoms with E-state index in [1.54, 1.807) is 6.20 Å². The number of hydrogen-bond donors (Lipinski definition) is 0. The Balaban J connectivity index is 2.05. The molecule has 2 nitrogen and oxygen atoms in total. The van der Waals surface area contributed by atoms with Gasteiger partial charge in [0.2, 0.25) is 0 Å². The van der Waals surface area contributed by atoms with Crippen LogP contribution in [-0.2, 0) is 0 Å². The SMILES string of the molecule is [2H]c1cnc2ccc(N(C)c3ccccc3)cc2c1. The minimum atomic E-state index is 0.437. The fraction of sp³-hybridized carbons (Fsp3) is 0.0625. The summed E-state index contributed by atoms with van der Waals surface area (Å²) < 4.78 is 7.64. The van der Waals surface area contributed by atoms with Crippen molar-refractivity contribution >= 4 is 22.3 Å². The summed E-state index contributed by atoms with van der Waals surface area (Å²) in [6.07, 6.45) is 1.57. The van der Waals surface area contributed by atoms with Crippen LogP contribution in [0.3, 0.4) is 0 Å². The van der Waals surface area contributed by atoms with Gasteiger partial charge in [-0.1, -0.05) is 24.3 Å². The maximum atomic E-state index is 7.64. The largest absolute Gasteiger partial charge is 0.345 e. The molecule has 2 heteroatoms. The van der Waals surface area contributed by atoms with E-state index in [1.165, 1.54) is 0 Å². The van der Waals surface area contributed by atoms with E-state index < -0.39 is 0 Å². The van der Waals surface area contributed by atoms with Crippen LogP contribution in [0.4, 0.5) is 11.4 Å². The van der Waals surface area contributed by atoms with Crippen LogP contribution < -0.4 is 4.90 Å². The monoisotopic (exact) mass is 235 g/mol. The normalized spacial score (nSPS) is 11.3. The van der Waals surface area contributed by atoms with Crippen LogP contribution in [0, 0.1) is 0 Å². The third-order valence-corrected chi connectivity index (χ3v) is 3.06. The topological polar surface area (TPSA) is 16.1 Å². The highest BCUT2D eigenvalue weighted by atomic mass is 15.1. The van der Waals surface area contributed by atoms with Gasteiger partial charge in [0, 0.05) is 30.0 Å². The first-order valence-electron chi connectivity index (χ1n) is 6.39. The summed E-state index contributed by atoms with van der Waals surface area (Å²) in [6, 6.07) is 18.6. The third kappa shape index (κ3) is 1.93. The second-order valence-electron chi connectivity index (χ2n) is 4.21. The van der Waals surface area contributed by atoms with Crippen molar-refractivity contribution in [2.45, 2.75) is 0 Å². The van der Waals surface area contributed by atoms with Crippen molar-refractivity contribution in [1.82, 2.24) is 4.98 Å². The van der Waals surface area contributed by atoms with Gasteiger partial charge in [-0.3, -0.25) is 4.98 Å². The molecular weight excluding hydrogens is 220 g/mol. The molecule has 0 saturated heterocycles. The van der Waals surface area contributed by atoms with Crippen LogP contribution in [0.5, 0.6) is 0 Å². The summed E-state index contributed by atoms with van der Waals surface area (Å²) in [4.78, 5) is 6.37. The van der Waals surface area contributed by atoms with Gasteiger partial charge in [-0.25, -0.2) is 0 Å². The van der Waals surface area contributed by atoms with Crippen LogP contribution in [0.15, 0.2) is 66.8 Å². The van der Waals surface area contributed by atoms with E-state index in [2.05, 4.69) is 28.1 Å². The fourth-order valence-corrected chi connectivity index (χ4v) is 2.02. The molecule has 0 unspecified atom stereocenters. The minimum Gasteiger partial charge on any atom is -0.345 e. The smallest absolute Gasteiger partial charge is 0.0703 e. The number of fused-ring (bicyclic) bond motifs is 1. The maximum absolute atomic E-state index is 7.64. The molecule has 0 atom stereocenters. The van der Waals surface area contributed by atoms with E-state index in [0.29, 0.717) is 6.04 Å². The lowest BCUT2D eigenvalue weighted by molar-refractivity contribution is 1.21. The average molecular weight is 235 g/mol. The molecule has 0 saturated carbocycles. The van der Waals surface area contributed by atoms with Gasteiger partial charge >= 0.3 is 0 Å². The Kier molecular flexibility index (Phi) is 2.41. The molecule has 1 heterocycles. The molecule has 0 aliphatic heterocycles. The molecule has 0 bridgehead atoms. The standard InChI is InChI=1S/C16H14N2/c1-18(14-7-3-2-4-8-14)15-9-10-16-13(12-15)6-5-11-17-16/h2-12H,1H3/i5D. The molecule has 1 aromatic heterocycles. The maximum Gasteiger partial charge on any atom is 0.0703 e. The van der Waals surface area contributed by atoms with Crippen molar-refractivity contribution in [2.75, 3.05) is 11.9 Å². The van der Waals surface area contributed by atoms with Crippen molar-refractivity contribution in [1.29, 1.82) is 0 Å². The van der Waals surface area contributed by atoms with Crippen molar-refractivity contribution in [3.8, 4) is 0 Å². The third-order valence-electron chi connectivity index (χ3n) is 3.06. The quantitative estimate of drug-likeness (QED) is 0.667. The summed E-state index contributed by atoms with van der Waals surface area (Å²) in [7, 11) is 2.04. The highest BCUT2D eigenvalue weighted by molar-refractivity contribution is 5.83. The Bertz CT molecular complexity index is 710. The molecule has 2 aromatic carbocycles. The molecule has 0 aliphatic carbocycles. The van der Waals surface area contributed by atoms with E-state index in [1.807, 2.05) is 43.4 Å². The van der Waals surface area contributed by atoms with Crippen LogP contribution in [-0.4, -0.2) is 12.0 Å². The highest BCUT2D eigenvalue weighted by Gasteiger charge is 2.04. The molecule has 0 N–H and O–H groups in total. The minimum absolute atomic E-state index is 0.437. The van der Waals surface area contributed by atoms with Gasteiger partial charge in [-0.15, -0.1) is 0 Å². The molecule has 0 amide bonds. The Morgan fingerprint density at radius 1 is 1.00 bits per heavy atom. The van der Waals surface area contributed by atoms with Gasteiger partial charge in [0.1, 0.15) is 0 Å². The van der Waals surface area contributed by atoms with Crippen LogP contribution in [0.2, 0.25) is 0 Å². The Labute approximate surface area is 108 Å². The summed E-state index contributed by atoms with van der Waals surface area (Å²) in [6.45, 7) is 0. The van der Waals surface area contributed by atoms with Gasteiger partial charge in [0.15, 0.2) is 0 Å².